The van der Waals surface area contributed by atoms with E-state index in [-0.39, 0.29) is 12.5 Å². The van der Waals surface area contributed by atoms with Gasteiger partial charge in [-0.2, -0.15) is 0 Å². The molecule has 1 amide bonds. The van der Waals surface area contributed by atoms with Crippen molar-refractivity contribution in [3.05, 3.63) is 29.8 Å². The maximum absolute atomic E-state index is 12.2. The molecular formula is C14H20N2O2. The lowest BCUT2D eigenvalue weighted by atomic mass is 9.77. The Morgan fingerprint density at radius 2 is 2.11 bits per heavy atom. The molecule has 0 unspecified atom stereocenters. The Balaban J connectivity index is 2.13. The van der Waals surface area contributed by atoms with Crippen LogP contribution in [-0.4, -0.2) is 29.7 Å². The molecule has 18 heavy (non-hydrogen) atoms. The van der Waals surface area contributed by atoms with Gasteiger partial charge in [-0.3, -0.25) is 4.79 Å². The van der Waals surface area contributed by atoms with E-state index in [4.69, 9.17) is 0 Å². The van der Waals surface area contributed by atoms with Crippen molar-refractivity contribution in [3.8, 4) is 0 Å². The van der Waals surface area contributed by atoms with Crippen LogP contribution in [0.5, 0.6) is 0 Å². The summed E-state index contributed by atoms with van der Waals surface area (Å²) >= 11 is 0. The van der Waals surface area contributed by atoms with Gasteiger partial charge in [-0.25, -0.2) is 0 Å². The molecule has 1 aromatic rings. The van der Waals surface area contributed by atoms with Crippen LogP contribution in [0.1, 0.15) is 36.5 Å². The number of aliphatic hydroxyl groups is 1. The molecule has 2 rings (SSSR count). The molecule has 1 aliphatic carbocycles. The average Bonchev–Trinajstić information content (AvgIpc) is 2.35. The average molecular weight is 248 g/mol. The molecule has 4 nitrogen and oxygen atoms in total. The summed E-state index contributed by atoms with van der Waals surface area (Å²) in [5, 5.41) is 15.5. The van der Waals surface area contributed by atoms with E-state index in [1.807, 2.05) is 25.1 Å². The van der Waals surface area contributed by atoms with E-state index in [2.05, 4.69) is 10.6 Å². The van der Waals surface area contributed by atoms with Crippen LogP contribution in [0.2, 0.25) is 0 Å². The fourth-order valence-corrected chi connectivity index (χ4v) is 2.26. The van der Waals surface area contributed by atoms with E-state index in [0.29, 0.717) is 5.56 Å². The van der Waals surface area contributed by atoms with Gasteiger partial charge in [0.15, 0.2) is 0 Å². The van der Waals surface area contributed by atoms with Gasteiger partial charge in [0.05, 0.1) is 17.7 Å². The number of aliphatic hydroxyl groups excluding tert-OH is 1. The lowest BCUT2D eigenvalue weighted by molar-refractivity contribution is 0.0642. The SMILES string of the molecule is CCNc1ccccc1C(=O)NC1(CO)CCC1. The summed E-state index contributed by atoms with van der Waals surface area (Å²) in [5.41, 5.74) is 1.08. The van der Waals surface area contributed by atoms with Gasteiger partial charge in [-0.15, -0.1) is 0 Å². The maximum Gasteiger partial charge on any atom is 0.253 e. The van der Waals surface area contributed by atoms with E-state index in [9.17, 15) is 9.90 Å². The minimum absolute atomic E-state index is 0.0160. The number of carbonyl (C=O) groups excluding carboxylic acids is 1. The lowest BCUT2D eigenvalue weighted by Crippen LogP contribution is -2.56. The molecule has 1 aromatic carbocycles. The van der Waals surface area contributed by atoms with E-state index in [1.54, 1.807) is 6.07 Å². The molecule has 0 bridgehead atoms. The van der Waals surface area contributed by atoms with E-state index < -0.39 is 5.54 Å². The van der Waals surface area contributed by atoms with Gasteiger partial charge < -0.3 is 15.7 Å². The number of hydrogen-bond donors (Lipinski definition) is 3. The Labute approximate surface area is 107 Å². The Hall–Kier alpha value is -1.55. The Kier molecular flexibility index (Phi) is 3.87. The molecule has 98 valence electrons. The molecule has 0 spiro atoms. The molecule has 0 saturated heterocycles. The van der Waals surface area contributed by atoms with E-state index in [1.165, 1.54) is 0 Å². The molecule has 0 aliphatic heterocycles. The number of carbonyl (C=O) groups is 1. The highest BCUT2D eigenvalue weighted by Gasteiger charge is 2.38. The van der Waals surface area contributed by atoms with Gasteiger partial charge in [0, 0.05) is 12.2 Å². The van der Waals surface area contributed by atoms with Crippen LogP contribution in [0.3, 0.4) is 0 Å². The highest BCUT2D eigenvalue weighted by Crippen LogP contribution is 2.31. The van der Waals surface area contributed by atoms with Gasteiger partial charge in [0.25, 0.3) is 5.91 Å². The number of amides is 1. The first kappa shape index (κ1) is 12.9. The monoisotopic (exact) mass is 248 g/mol. The van der Waals surface area contributed by atoms with Crippen molar-refractivity contribution >= 4 is 11.6 Å². The second kappa shape index (κ2) is 5.40. The minimum Gasteiger partial charge on any atom is -0.394 e. The zero-order valence-electron chi connectivity index (χ0n) is 10.7. The summed E-state index contributed by atoms with van der Waals surface area (Å²) in [4.78, 5) is 12.2. The number of benzene rings is 1. The summed E-state index contributed by atoms with van der Waals surface area (Å²) in [6.45, 7) is 2.79. The molecule has 4 heteroatoms. The van der Waals surface area contributed by atoms with Gasteiger partial charge in [0.1, 0.15) is 0 Å². The van der Waals surface area contributed by atoms with Crippen LogP contribution in [0, 0.1) is 0 Å². The summed E-state index contributed by atoms with van der Waals surface area (Å²) in [6, 6.07) is 7.45. The second-order valence-electron chi connectivity index (χ2n) is 4.82. The summed E-state index contributed by atoms with van der Waals surface area (Å²) in [6.07, 6.45) is 2.78. The van der Waals surface area contributed by atoms with Crippen LogP contribution < -0.4 is 10.6 Å². The number of nitrogens with one attached hydrogen (secondary N) is 2. The van der Waals surface area contributed by atoms with Crippen molar-refractivity contribution in [2.24, 2.45) is 0 Å². The third-order valence-electron chi connectivity index (χ3n) is 3.53. The normalized spacial score (nSPS) is 16.8. The molecule has 3 N–H and O–H groups in total. The van der Waals surface area contributed by atoms with Gasteiger partial charge in [-0.05, 0) is 38.3 Å². The van der Waals surface area contributed by atoms with Crippen molar-refractivity contribution < 1.29 is 9.90 Å². The third-order valence-corrected chi connectivity index (χ3v) is 3.53. The fourth-order valence-electron chi connectivity index (χ4n) is 2.26. The van der Waals surface area contributed by atoms with Crippen molar-refractivity contribution in [1.82, 2.24) is 5.32 Å². The van der Waals surface area contributed by atoms with Gasteiger partial charge >= 0.3 is 0 Å². The molecule has 0 radical (unpaired) electrons. The number of hydrogen-bond acceptors (Lipinski definition) is 3. The maximum atomic E-state index is 12.2. The van der Waals surface area contributed by atoms with Crippen LogP contribution in [0.15, 0.2) is 24.3 Å². The number of rotatable bonds is 5. The quantitative estimate of drug-likeness (QED) is 0.744. The van der Waals surface area contributed by atoms with Gasteiger partial charge in [0.2, 0.25) is 0 Å². The van der Waals surface area contributed by atoms with Crippen LogP contribution in [-0.2, 0) is 0 Å². The zero-order valence-corrected chi connectivity index (χ0v) is 10.7. The topological polar surface area (TPSA) is 61.4 Å². The number of anilines is 1. The highest BCUT2D eigenvalue weighted by molar-refractivity contribution is 6.00. The molecular weight excluding hydrogens is 228 g/mol. The van der Waals surface area contributed by atoms with Crippen molar-refractivity contribution in [2.45, 2.75) is 31.7 Å². The number of para-hydroxylation sites is 1. The van der Waals surface area contributed by atoms with Crippen LogP contribution >= 0.6 is 0 Å². The Morgan fingerprint density at radius 3 is 2.67 bits per heavy atom. The van der Waals surface area contributed by atoms with E-state index in [0.717, 1.165) is 31.5 Å². The standard InChI is InChI=1S/C14H20N2O2/c1-2-15-12-7-4-3-6-11(12)13(18)16-14(10-17)8-5-9-14/h3-4,6-7,15,17H,2,5,8-10H2,1H3,(H,16,18). The van der Waals surface area contributed by atoms with Crippen molar-refractivity contribution in [1.29, 1.82) is 0 Å². The van der Waals surface area contributed by atoms with Crippen LogP contribution in [0.4, 0.5) is 5.69 Å². The predicted molar refractivity (Wildman–Crippen MR) is 71.7 cm³/mol. The highest BCUT2D eigenvalue weighted by atomic mass is 16.3. The van der Waals surface area contributed by atoms with Gasteiger partial charge in [-0.1, -0.05) is 12.1 Å². The predicted octanol–water partition coefficient (Wildman–Crippen LogP) is 1.76. The fraction of sp³-hybridized carbons (Fsp3) is 0.500. The van der Waals surface area contributed by atoms with E-state index >= 15 is 0 Å². The molecule has 0 aromatic heterocycles. The van der Waals surface area contributed by atoms with Crippen molar-refractivity contribution in [3.63, 3.8) is 0 Å². The molecule has 1 saturated carbocycles. The lowest BCUT2D eigenvalue weighted by Gasteiger charge is -2.41. The Morgan fingerprint density at radius 1 is 1.39 bits per heavy atom. The molecule has 0 heterocycles. The summed E-state index contributed by atoms with van der Waals surface area (Å²) < 4.78 is 0. The minimum atomic E-state index is -0.392. The first-order valence-corrected chi connectivity index (χ1v) is 6.47. The Bertz CT molecular complexity index is 422. The largest absolute Gasteiger partial charge is 0.394 e. The van der Waals surface area contributed by atoms with Crippen LogP contribution in [0.25, 0.3) is 0 Å². The molecule has 0 atom stereocenters. The zero-order chi connectivity index (χ0) is 13.0. The van der Waals surface area contributed by atoms with Crippen molar-refractivity contribution in [2.75, 3.05) is 18.5 Å². The second-order valence-corrected chi connectivity index (χ2v) is 4.82. The first-order valence-electron chi connectivity index (χ1n) is 6.47. The molecule has 1 fully saturated rings. The summed E-state index contributed by atoms with van der Waals surface area (Å²) in [5.74, 6) is -0.111. The summed E-state index contributed by atoms with van der Waals surface area (Å²) in [7, 11) is 0. The smallest absolute Gasteiger partial charge is 0.253 e. The molecule has 1 aliphatic rings. The third kappa shape index (κ3) is 2.48. The first-order chi connectivity index (χ1) is 8.71.